The molecule has 1 fully saturated rings. The highest BCUT2D eigenvalue weighted by Crippen LogP contribution is 2.24. The van der Waals surface area contributed by atoms with E-state index in [-0.39, 0.29) is 6.04 Å². The number of ether oxygens (including phenoxy) is 2. The van der Waals surface area contributed by atoms with Gasteiger partial charge in [-0.05, 0) is 42.2 Å². The van der Waals surface area contributed by atoms with E-state index in [4.69, 9.17) is 9.47 Å². The van der Waals surface area contributed by atoms with E-state index in [2.05, 4.69) is 69.0 Å². The summed E-state index contributed by atoms with van der Waals surface area (Å²) in [6.07, 6.45) is 3.04. The topological polar surface area (TPSA) is 73.9 Å². The molecular formula is C26H35N5O2. The van der Waals surface area contributed by atoms with Crippen LogP contribution in [0.3, 0.4) is 0 Å². The lowest BCUT2D eigenvalue weighted by molar-refractivity contribution is 0.0170. The summed E-state index contributed by atoms with van der Waals surface area (Å²) in [4.78, 5) is 10.3. The lowest BCUT2D eigenvalue weighted by Crippen LogP contribution is -2.46. The second-order valence-corrected chi connectivity index (χ2v) is 8.38. The first kappa shape index (κ1) is 23.1. The van der Waals surface area contributed by atoms with E-state index in [0.29, 0.717) is 0 Å². The molecule has 7 nitrogen and oxygen atoms in total. The van der Waals surface area contributed by atoms with Gasteiger partial charge in [-0.15, -0.1) is 0 Å². The molecule has 2 aromatic carbocycles. The molecule has 0 radical (unpaired) electrons. The molecule has 1 aromatic heterocycles. The average molecular weight is 450 g/mol. The summed E-state index contributed by atoms with van der Waals surface area (Å²) < 4.78 is 10.9. The maximum Gasteiger partial charge on any atom is 0.191 e. The summed E-state index contributed by atoms with van der Waals surface area (Å²) in [7, 11) is 3.52. The molecule has 0 saturated carbocycles. The first-order valence-corrected chi connectivity index (χ1v) is 11.7. The normalized spacial score (nSPS) is 16.0. The largest absolute Gasteiger partial charge is 0.497 e. The second-order valence-electron chi connectivity index (χ2n) is 8.38. The van der Waals surface area contributed by atoms with E-state index >= 15 is 0 Å². The molecule has 1 aliphatic rings. The van der Waals surface area contributed by atoms with Gasteiger partial charge in [0.2, 0.25) is 0 Å². The molecule has 0 aliphatic carbocycles. The van der Waals surface area contributed by atoms with Gasteiger partial charge in [0, 0.05) is 50.3 Å². The number of hydrogen-bond acceptors (Lipinski definition) is 4. The van der Waals surface area contributed by atoms with Crippen molar-refractivity contribution in [1.29, 1.82) is 0 Å². The molecule has 0 spiro atoms. The Labute approximate surface area is 196 Å². The van der Waals surface area contributed by atoms with Gasteiger partial charge < -0.3 is 25.1 Å². The third-order valence-electron chi connectivity index (χ3n) is 6.37. The van der Waals surface area contributed by atoms with E-state index in [1.54, 1.807) is 7.11 Å². The number of fused-ring (bicyclic) bond motifs is 1. The van der Waals surface area contributed by atoms with E-state index < -0.39 is 0 Å². The Morgan fingerprint density at radius 3 is 2.67 bits per heavy atom. The lowest BCUT2D eigenvalue weighted by atomic mass is 10.0. The van der Waals surface area contributed by atoms with Gasteiger partial charge in [-0.25, -0.2) is 0 Å². The monoisotopic (exact) mass is 449 g/mol. The van der Waals surface area contributed by atoms with Crippen molar-refractivity contribution in [3.8, 4) is 5.75 Å². The number of methoxy groups -OCH3 is 1. The number of H-pyrrole nitrogens is 1. The van der Waals surface area contributed by atoms with Gasteiger partial charge in [-0.3, -0.25) is 9.89 Å². The maximum atomic E-state index is 5.57. The number of nitrogens with one attached hydrogen (secondary N) is 3. The van der Waals surface area contributed by atoms with Gasteiger partial charge in [0.1, 0.15) is 5.75 Å². The first-order valence-electron chi connectivity index (χ1n) is 11.7. The Kier molecular flexibility index (Phi) is 7.86. The smallest absolute Gasteiger partial charge is 0.191 e. The summed E-state index contributed by atoms with van der Waals surface area (Å²) in [6.45, 7) is 7.09. The van der Waals surface area contributed by atoms with Gasteiger partial charge in [-0.2, -0.15) is 0 Å². The molecule has 1 atom stereocenters. The highest BCUT2D eigenvalue weighted by molar-refractivity contribution is 5.86. The zero-order chi connectivity index (χ0) is 23.0. The molecule has 0 bridgehead atoms. The van der Waals surface area contributed by atoms with Crippen molar-refractivity contribution in [1.82, 2.24) is 20.5 Å². The number of aryl methyl sites for hydroxylation is 1. The van der Waals surface area contributed by atoms with Crippen LogP contribution >= 0.6 is 0 Å². The minimum Gasteiger partial charge on any atom is -0.497 e. The summed E-state index contributed by atoms with van der Waals surface area (Å²) in [5, 5.41) is 8.31. The maximum absolute atomic E-state index is 5.57. The van der Waals surface area contributed by atoms with E-state index in [1.165, 1.54) is 27.6 Å². The summed E-state index contributed by atoms with van der Waals surface area (Å²) in [5.41, 5.74) is 5.08. The predicted molar refractivity (Wildman–Crippen MR) is 134 cm³/mol. The fourth-order valence-corrected chi connectivity index (χ4v) is 4.47. The van der Waals surface area contributed by atoms with Crippen LogP contribution in [0.1, 0.15) is 22.7 Å². The fraction of sp³-hybridized carbons (Fsp3) is 0.423. The van der Waals surface area contributed by atoms with Gasteiger partial charge in [0.25, 0.3) is 0 Å². The first-order chi connectivity index (χ1) is 16.2. The highest BCUT2D eigenvalue weighted by atomic mass is 16.5. The summed E-state index contributed by atoms with van der Waals surface area (Å²) in [5.74, 6) is 1.69. The molecule has 1 saturated heterocycles. The number of benzene rings is 2. The minimum absolute atomic E-state index is 0.231. The quantitative estimate of drug-likeness (QED) is 0.364. The number of aromatic nitrogens is 1. The molecule has 3 N–H and O–H groups in total. The minimum atomic E-state index is 0.231. The Morgan fingerprint density at radius 1 is 1.15 bits per heavy atom. The number of para-hydroxylation sites is 1. The van der Waals surface area contributed by atoms with Crippen LogP contribution in [0, 0.1) is 6.92 Å². The van der Waals surface area contributed by atoms with Gasteiger partial charge >= 0.3 is 0 Å². The average Bonchev–Trinajstić information content (AvgIpc) is 3.28. The zero-order valence-electron chi connectivity index (χ0n) is 19.9. The molecule has 33 heavy (non-hydrogen) atoms. The predicted octanol–water partition coefficient (Wildman–Crippen LogP) is 3.27. The fourth-order valence-electron chi connectivity index (χ4n) is 4.47. The van der Waals surface area contributed by atoms with Crippen LogP contribution in [0.4, 0.5) is 0 Å². The molecule has 1 unspecified atom stereocenters. The van der Waals surface area contributed by atoms with Crippen LogP contribution in [-0.2, 0) is 11.2 Å². The van der Waals surface area contributed by atoms with Crippen LogP contribution in [0.5, 0.6) is 5.75 Å². The van der Waals surface area contributed by atoms with Crippen LogP contribution in [-0.4, -0.2) is 69.4 Å². The third kappa shape index (κ3) is 5.67. The van der Waals surface area contributed by atoms with Crippen LogP contribution < -0.4 is 15.4 Å². The molecule has 176 valence electrons. The SMILES string of the molecule is CN=C(NCCc1c[nH]c2c(C)cccc12)NCC(c1ccc(OC)cc1)N1CCOCC1. The van der Waals surface area contributed by atoms with Crippen molar-refractivity contribution >= 4 is 16.9 Å². The van der Waals surface area contributed by atoms with Crippen molar-refractivity contribution < 1.29 is 9.47 Å². The molecule has 7 heteroatoms. The zero-order valence-corrected chi connectivity index (χ0v) is 19.9. The van der Waals surface area contributed by atoms with Gasteiger partial charge in [-0.1, -0.05) is 30.3 Å². The van der Waals surface area contributed by atoms with Crippen molar-refractivity contribution in [2.75, 3.05) is 53.6 Å². The Bertz CT molecular complexity index is 1050. The van der Waals surface area contributed by atoms with E-state index in [0.717, 1.165) is 57.5 Å². The van der Waals surface area contributed by atoms with E-state index in [9.17, 15) is 0 Å². The van der Waals surface area contributed by atoms with Crippen LogP contribution in [0.2, 0.25) is 0 Å². The molecule has 3 aromatic rings. The van der Waals surface area contributed by atoms with Crippen molar-refractivity contribution in [2.24, 2.45) is 4.99 Å². The number of rotatable bonds is 8. The van der Waals surface area contributed by atoms with Crippen molar-refractivity contribution in [3.63, 3.8) is 0 Å². The Hall–Kier alpha value is -3.03. The second kappa shape index (κ2) is 11.2. The standard InChI is InChI=1S/C26H35N5O2/c1-19-5-4-6-23-21(17-29-25(19)23)11-12-28-26(27-2)30-18-24(31-13-15-33-16-14-31)20-7-9-22(32-3)10-8-20/h4-10,17,24,29H,11-16,18H2,1-3H3,(H2,27,28,30). The molecule has 4 rings (SSSR count). The third-order valence-corrected chi connectivity index (χ3v) is 6.37. The number of morpholine rings is 1. The molecule has 1 aliphatic heterocycles. The Balaban J connectivity index is 1.36. The summed E-state index contributed by atoms with van der Waals surface area (Å²) >= 11 is 0. The Morgan fingerprint density at radius 2 is 1.94 bits per heavy atom. The van der Waals surface area contributed by atoms with Crippen molar-refractivity contribution in [2.45, 2.75) is 19.4 Å². The van der Waals surface area contributed by atoms with Crippen LogP contribution in [0.25, 0.3) is 10.9 Å². The van der Waals surface area contributed by atoms with Crippen LogP contribution in [0.15, 0.2) is 53.7 Å². The molecular weight excluding hydrogens is 414 g/mol. The lowest BCUT2D eigenvalue weighted by Gasteiger charge is -2.35. The van der Waals surface area contributed by atoms with Gasteiger partial charge in [0.05, 0.1) is 26.4 Å². The highest BCUT2D eigenvalue weighted by Gasteiger charge is 2.23. The summed E-state index contributed by atoms with van der Waals surface area (Å²) in [6, 6.07) is 15.0. The number of aromatic amines is 1. The number of guanidine groups is 1. The van der Waals surface area contributed by atoms with Crippen molar-refractivity contribution in [3.05, 3.63) is 65.4 Å². The number of hydrogen-bond donors (Lipinski definition) is 3. The number of nitrogens with zero attached hydrogens (tertiary/aromatic N) is 2. The van der Waals surface area contributed by atoms with E-state index in [1.807, 2.05) is 19.2 Å². The van der Waals surface area contributed by atoms with Gasteiger partial charge in [0.15, 0.2) is 5.96 Å². The number of aliphatic imine (C=N–C) groups is 1. The molecule has 0 amide bonds. The molecule has 2 heterocycles.